The SMILES string of the molecule is C=CC(=O)OCCCCCCCCCCCCOc1ccc2oc(=O)c(-c3c(CC)cccc3CC)cc2c1. The Bertz CT molecular complexity index is 1230. The van der Waals surface area contributed by atoms with Gasteiger partial charge in [-0.05, 0) is 66.6 Å². The van der Waals surface area contributed by atoms with Crippen molar-refractivity contribution in [2.45, 2.75) is 90.9 Å². The number of unbranched alkanes of at least 4 members (excludes halogenated alkanes) is 9. The zero-order valence-corrected chi connectivity index (χ0v) is 23.8. The summed E-state index contributed by atoms with van der Waals surface area (Å²) in [6.45, 7) is 8.81. The molecule has 39 heavy (non-hydrogen) atoms. The molecule has 2 aromatic carbocycles. The first-order valence-corrected chi connectivity index (χ1v) is 14.7. The van der Waals surface area contributed by atoms with Gasteiger partial charge in [0.15, 0.2) is 0 Å². The first kappa shape index (κ1) is 30.2. The summed E-state index contributed by atoms with van der Waals surface area (Å²) in [5.74, 6) is 0.474. The van der Waals surface area contributed by atoms with E-state index in [4.69, 9.17) is 13.9 Å². The van der Waals surface area contributed by atoms with Crippen molar-refractivity contribution in [2.75, 3.05) is 13.2 Å². The van der Waals surface area contributed by atoms with Crippen molar-refractivity contribution in [3.63, 3.8) is 0 Å². The number of fused-ring (bicyclic) bond motifs is 1. The van der Waals surface area contributed by atoms with Gasteiger partial charge in [0.25, 0.3) is 0 Å². The maximum atomic E-state index is 12.9. The van der Waals surface area contributed by atoms with Crippen molar-refractivity contribution in [1.82, 2.24) is 0 Å². The topological polar surface area (TPSA) is 65.7 Å². The highest BCUT2D eigenvalue weighted by Gasteiger charge is 2.15. The first-order chi connectivity index (χ1) is 19.1. The van der Waals surface area contributed by atoms with E-state index in [0.717, 1.165) is 66.4 Å². The average molecular weight is 533 g/mol. The number of benzene rings is 2. The van der Waals surface area contributed by atoms with E-state index in [2.05, 4.69) is 38.6 Å². The van der Waals surface area contributed by atoms with Crippen LogP contribution >= 0.6 is 0 Å². The summed E-state index contributed by atoms with van der Waals surface area (Å²) in [6, 6.07) is 13.9. The number of hydrogen-bond donors (Lipinski definition) is 0. The van der Waals surface area contributed by atoms with Gasteiger partial charge < -0.3 is 13.9 Å². The fourth-order valence-corrected chi connectivity index (χ4v) is 4.99. The normalized spacial score (nSPS) is 11.0. The molecule has 5 heteroatoms. The van der Waals surface area contributed by atoms with Gasteiger partial charge in [-0.25, -0.2) is 9.59 Å². The fraction of sp³-hybridized carbons (Fsp3) is 0.471. The molecule has 0 atom stereocenters. The number of hydrogen-bond acceptors (Lipinski definition) is 5. The Kier molecular flexibility index (Phi) is 12.8. The van der Waals surface area contributed by atoms with Crippen molar-refractivity contribution < 1.29 is 18.7 Å². The molecule has 5 nitrogen and oxygen atoms in total. The smallest absolute Gasteiger partial charge is 0.344 e. The molecule has 0 spiro atoms. The molecule has 0 bridgehead atoms. The van der Waals surface area contributed by atoms with E-state index in [-0.39, 0.29) is 11.6 Å². The van der Waals surface area contributed by atoms with Crippen molar-refractivity contribution >= 4 is 16.9 Å². The van der Waals surface area contributed by atoms with Gasteiger partial charge in [0, 0.05) is 11.5 Å². The zero-order chi connectivity index (χ0) is 27.9. The Balaban J connectivity index is 1.39. The summed E-state index contributed by atoms with van der Waals surface area (Å²) in [5, 5.41) is 0.882. The summed E-state index contributed by atoms with van der Waals surface area (Å²) in [4.78, 5) is 23.9. The van der Waals surface area contributed by atoms with E-state index >= 15 is 0 Å². The van der Waals surface area contributed by atoms with E-state index in [1.165, 1.54) is 44.6 Å². The number of ether oxygens (including phenoxy) is 2. The molecular weight excluding hydrogens is 488 g/mol. The van der Waals surface area contributed by atoms with Crippen LogP contribution in [0.5, 0.6) is 5.75 Å². The molecule has 0 aliphatic rings. The van der Waals surface area contributed by atoms with Gasteiger partial charge in [-0.15, -0.1) is 0 Å². The van der Waals surface area contributed by atoms with Crippen LogP contribution in [0.15, 0.2) is 64.3 Å². The lowest BCUT2D eigenvalue weighted by Crippen LogP contribution is -2.07. The molecule has 3 aromatic rings. The van der Waals surface area contributed by atoms with Crippen LogP contribution in [0.25, 0.3) is 22.1 Å². The molecule has 0 saturated carbocycles. The molecule has 0 saturated heterocycles. The standard InChI is InChI=1S/C34H44O5/c1-4-26-18-17-19-27(5-2)33(26)30-25-28-24-29(20-21-31(28)39-34(30)36)37-22-15-13-11-9-7-8-10-12-14-16-23-38-32(35)6-3/h6,17-21,24-25H,3-5,7-16,22-23H2,1-2H3. The number of rotatable bonds is 18. The Morgan fingerprint density at radius 2 is 1.41 bits per heavy atom. The summed E-state index contributed by atoms with van der Waals surface area (Å²) in [6.07, 6.45) is 14.6. The molecule has 1 heterocycles. The van der Waals surface area contributed by atoms with Crippen LogP contribution < -0.4 is 10.4 Å². The van der Waals surface area contributed by atoms with Gasteiger partial charge in [-0.3, -0.25) is 0 Å². The van der Waals surface area contributed by atoms with Crippen LogP contribution in [0.1, 0.15) is 89.2 Å². The second kappa shape index (κ2) is 16.6. The third-order valence-corrected chi connectivity index (χ3v) is 7.19. The van der Waals surface area contributed by atoms with Crippen LogP contribution in [-0.2, 0) is 22.4 Å². The molecular formula is C34H44O5. The van der Waals surface area contributed by atoms with E-state index in [0.29, 0.717) is 24.4 Å². The molecule has 3 rings (SSSR count). The molecule has 1 aromatic heterocycles. The minimum atomic E-state index is -0.333. The van der Waals surface area contributed by atoms with Crippen LogP contribution in [0, 0.1) is 0 Å². The molecule has 0 fully saturated rings. The third-order valence-electron chi connectivity index (χ3n) is 7.19. The van der Waals surface area contributed by atoms with Gasteiger partial charge in [0.1, 0.15) is 11.3 Å². The third kappa shape index (κ3) is 9.42. The van der Waals surface area contributed by atoms with E-state index in [1.54, 1.807) is 0 Å². The lowest BCUT2D eigenvalue weighted by atomic mass is 9.92. The van der Waals surface area contributed by atoms with Crippen LogP contribution in [-0.4, -0.2) is 19.2 Å². The molecule has 210 valence electrons. The summed E-state index contributed by atoms with van der Waals surface area (Å²) in [7, 11) is 0. The predicted molar refractivity (Wildman–Crippen MR) is 159 cm³/mol. The number of carbonyl (C=O) groups excluding carboxylic acids is 1. The van der Waals surface area contributed by atoms with Gasteiger partial charge in [0.2, 0.25) is 0 Å². The molecule has 0 aliphatic carbocycles. The van der Waals surface area contributed by atoms with Gasteiger partial charge in [-0.2, -0.15) is 0 Å². The Morgan fingerprint density at radius 1 is 0.821 bits per heavy atom. The Hall–Kier alpha value is -3.34. The number of aryl methyl sites for hydroxylation is 2. The number of esters is 1. The first-order valence-electron chi connectivity index (χ1n) is 14.7. The molecule has 0 amide bonds. The van der Waals surface area contributed by atoms with E-state index in [1.807, 2.05) is 24.3 Å². The highest BCUT2D eigenvalue weighted by Crippen LogP contribution is 2.30. The fourth-order valence-electron chi connectivity index (χ4n) is 4.99. The second-order valence-electron chi connectivity index (χ2n) is 10.1. The zero-order valence-electron chi connectivity index (χ0n) is 23.8. The largest absolute Gasteiger partial charge is 0.494 e. The monoisotopic (exact) mass is 532 g/mol. The van der Waals surface area contributed by atoms with Crippen molar-refractivity contribution in [3.8, 4) is 16.9 Å². The van der Waals surface area contributed by atoms with Gasteiger partial charge in [0.05, 0.1) is 18.8 Å². The minimum absolute atomic E-state index is 0.293. The van der Waals surface area contributed by atoms with Crippen molar-refractivity contribution in [1.29, 1.82) is 0 Å². The van der Waals surface area contributed by atoms with Crippen molar-refractivity contribution in [2.24, 2.45) is 0 Å². The van der Waals surface area contributed by atoms with E-state index in [9.17, 15) is 9.59 Å². The average Bonchev–Trinajstić information content (AvgIpc) is 2.96. The molecule has 0 unspecified atom stereocenters. The Morgan fingerprint density at radius 3 is 2.00 bits per heavy atom. The maximum Gasteiger partial charge on any atom is 0.344 e. The van der Waals surface area contributed by atoms with Crippen molar-refractivity contribution in [3.05, 3.63) is 76.7 Å². The lowest BCUT2D eigenvalue weighted by molar-refractivity contribution is -0.137. The summed E-state index contributed by atoms with van der Waals surface area (Å²) < 4.78 is 16.7. The van der Waals surface area contributed by atoms with Gasteiger partial charge in [-0.1, -0.05) is 90.0 Å². The second-order valence-corrected chi connectivity index (χ2v) is 10.1. The van der Waals surface area contributed by atoms with E-state index < -0.39 is 0 Å². The highest BCUT2D eigenvalue weighted by molar-refractivity contribution is 5.84. The Labute approximate surface area is 233 Å². The van der Waals surface area contributed by atoms with Crippen LogP contribution in [0.4, 0.5) is 0 Å². The lowest BCUT2D eigenvalue weighted by Gasteiger charge is -2.13. The van der Waals surface area contributed by atoms with Crippen LogP contribution in [0.3, 0.4) is 0 Å². The van der Waals surface area contributed by atoms with Gasteiger partial charge >= 0.3 is 11.6 Å². The molecule has 0 aliphatic heterocycles. The maximum absolute atomic E-state index is 12.9. The minimum Gasteiger partial charge on any atom is -0.494 e. The van der Waals surface area contributed by atoms with Crippen LogP contribution in [0.2, 0.25) is 0 Å². The predicted octanol–water partition coefficient (Wildman–Crippen LogP) is 8.59. The quantitative estimate of drug-likeness (QED) is 0.0710. The summed E-state index contributed by atoms with van der Waals surface area (Å²) in [5.41, 5.74) is 4.26. The molecule has 0 N–H and O–H groups in total. The number of carbonyl (C=O) groups is 1. The highest BCUT2D eigenvalue weighted by atomic mass is 16.5. The molecule has 0 radical (unpaired) electrons. The summed E-state index contributed by atoms with van der Waals surface area (Å²) >= 11 is 0.